The molecule has 2 heterocycles. The second-order valence-electron chi connectivity index (χ2n) is 5.22. The van der Waals surface area contributed by atoms with Crippen LogP contribution in [0.2, 0.25) is 0 Å². The van der Waals surface area contributed by atoms with Crippen molar-refractivity contribution in [3.05, 3.63) is 59.3 Å². The van der Waals surface area contributed by atoms with Gasteiger partial charge in [-0.1, -0.05) is 12.1 Å². The molecule has 1 unspecified atom stereocenters. The van der Waals surface area contributed by atoms with Crippen LogP contribution in [0.25, 0.3) is 0 Å². The Kier molecular flexibility index (Phi) is 4.22. The third-order valence-corrected chi connectivity index (χ3v) is 3.73. The Labute approximate surface area is 126 Å². The molecular weight excluding hydrogens is 289 g/mol. The summed E-state index contributed by atoms with van der Waals surface area (Å²) >= 11 is 0. The predicted octanol–water partition coefficient (Wildman–Crippen LogP) is 2.69. The first kappa shape index (κ1) is 14.7. The zero-order valence-corrected chi connectivity index (χ0v) is 11.9. The number of ether oxygens (including phenoxy) is 1. The van der Waals surface area contributed by atoms with Gasteiger partial charge in [-0.25, -0.2) is 9.18 Å². The van der Waals surface area contributed by atoms with E-state index in [2.05, 4.69) is 4.90 Å². The van der Waals surface area contributed by atoms with Crippen molar-refractivity contribution in [3.63, 3.8) is 0 Å². The third kappa shape index (κ3) is 3.18. The van der Waals surface area contributed by atoms with E-state index < -0.39 is 5.97 Å². The summed E-state index contributed by atoms with van der Waals surface area (Å²) in [5, 5.41) is 8.93. The molecule has 0 amide bonds. The smallest absolute Gasteiger partial charge is 0.338 e. The molecule has 22 heavy (non-hydrogen) atoms. The molecule has 1 aliphatic heterocycles. The lowest BCUT2D eigenvalue weighted by molar-refractivity contribution is -0.0155. The van der Waals surface area contributed by atoms with Crippen molar-refractivity contribution < 1.29 is 23.4 Å². The van der Waals surface area contributed by atoms with Crippen molar-refractivity contribution in [2.24, 2.45) is 0 Å². The highest BCUT2D eigenvalue weighted by Gasteiger charge is 2.26. The van der Waals surface area contributed by atoms with Crippen LogP contribution >= 0.6 is 0 Å². The molecule has 6 heteroatoms. The Bertz CT molecular complexity index is 670. The Morgan fingerprint density at radius 3 is 3.00 bits per heavy atom. The number of carbonyl (C=O) groups is 1. The first-order valence-corrected chi connectivity index (χ1v) is 7.01. The van der Waals surface area contributed by atoms with Crippen LogP contribution in [0, 0.1) is 5.82 Å². The van der Waals surface area contributed by atoms with Gasteiger partial charge in [0.05, 0.1) is 31.4 Å². The normalized spacial score (nSPS) is 19.2. The van der Waals surface area contributed by atoms with E-state index in [-0.39, 0.29) is 17.4 Å². The van der Waals surface area contributed by atoms with Crippen LogP contribution < -0.4 is 0 Å². The summed E-state index contributed by atoms with van der Waals surface area (Å²) in [6.07, 6.45) is 1.23. The van der Waals surface area contributed by atoms with Gasteiger partial charge in [-0.05, 0) is 23.8 Å². The van der Waals surface area contributed by atoms with Crippen LogP contribution in [0.5, 0.6) is 0 Å². The highest BCUT2D eigenvalue weighted by molar-refractivity contribution is 5.87. The molecule has 1 fully saturated rings. The van der Waals surface area contributed by atoms with E-state index in [1.165, 1.54) is 24.5 Å². The number of benzene rings is 1. The summed E-state index contributed by atoms with van der Waals surface area (Å²) in [6.45, 7) is 2.18. The topological polar surface area (TPSA) is 62.9 Å². The fraction of sp³-hybridized carbons (Fsp3) is 0.312. The largest absolute Gasteiger partial charge is 0.478 e. The minimum Gasteiger partial charge on any atom is -0.478 e. The number of carboxylic acid groups (broad SMARTS) is 1. The summed E-state index contributed by atoms with van der Waals surface area (Å²) in [7, 11) is 0. The fourth-order valence-corrected chi connectivity index (χ4v) is 2.62. The third-order valence-electron chi connectivity index (χ3n) is 3.73. The van der Waals surface area contributed by atoms with E-state index in [0.717, 1.165) is 5.56 Å². The second kappa shape index (κ2) is 6.29. The number of hydrogen-bond donors (Lipinski definition) is 1. The molecule has 1 atom stereocenters. The van der Waals surface area contributed by atoms with E-state index in [0.29, 0.717) is 32.1 Å². The van der Waals surface area contributed by atoms with E-state index >= 15 is 0 Å². The first-order valence-electron chi connectivity index (χ1n) is 7.01. The average Bonchev–Trinajstić information content (AvgIpc) is 2.97. The van der Waals surface area contributed by atoms with E-state index in [4.69, 9.17) is 14.3 Å². The van der Waals surface area contributed by atoms with Crippen LogP contribution in [0.4, 0.5) is 4.39 Å². The zero-order valence-electron chi connectivity index (χ0n) is 11.9. The number of hydrogen-bond acceptors (Lipinski definition) is 4. The highest BCUT2D eigenvalue weighted by atomic mass is 19.1. The number of carboxylic acids is 1. The van der Waals surface area contributed by atoms with Gasteiger partial charge in [0.2, 0.25) is 0 Å². The summed E-state index contributed by atoms with van der Waals surface area (Å²) < 4.78 is 24.2. The summed E-state index contributed by atoms with van der Waals surface area (Å²) in [5.41, 5.74) is 0.968. The highest BCUT2D eigenvalue weighted by Crippen LogP contribution is 2.26. The number of morpholine rings is 1. The Balaban J connectivity index is 1.78. The molecule has 1 N–H and O–H groups in total. The molecular formula is C16H16FNO4. The van der Waals surface area contributed by atoms with E-state index in [1.54, 1.807) is 6.07 Å². The number of nitrogens with zero attached hydrogens (tertiary/aromatic N) is 1. The molecule has 2 aromatic rings. The standard InChI is InChI=1S/C16H16FNO4/c17-13-3-1-2-11(6-13)15-10-21-5-4-18(15)8-14-7-12(9-22-14)16(19)20/h1-3,6-7,9,15H,4-5,8,10H2,(H,19,20). The molecule has 3 rings (SSSR count). The molecule has 0 aliphatic carbocycles. The fourth-order valence-electron chi connectivity index (χ4n) is 2.62. The van der Waals surface area contributed by atoms with Crippen LogP contribution in [-0.2, 0) is 11.3 Å². The number of furan rings is 1. The maximum Gasteiger partial charge on any atom is 0.338 e. The summed E-state index contributed by atoms with van der Waals surface area (Å²) in [5.74, 6) is -0.728. The first-order chi connectivity index (χ1) is 10.6. The SMILES string of the molecule is O=C(O)c1coc(CN2CCOCC2c2cccc(F)c2)c1. The van der Waals surface area contributed by atoms with Crippen molar-refractivity contribution in [3.8, 4) is 0 Å². The molecule has 1 saturated heterocycles. The second-order valence-corrected chi connectivity index (χ2v) is 5.22. The monoisotopic (exact) mass is 305 g/mol. The van der Waals surface area contributed by atoms with Crippen molar-refractivity contribution in [2.75, 3.05) is 19.8 Å². The van der Waals surface area contributed by atoms with Gasteiger partial charge in [0, 0.05) is 6.54 Å². The minimum atomic E-state index is -1.02. The Morgan fingerprint density at radius 1 is 1.41 bits per heavy atom. The van der Waals surface area contributed by atoms with Gasteiger partial charge >= 0.3 is 5.97 Å². The average molecular weight is 305 g/mol. The lowest BCUT2D eigenvalue weighted by atomic mass is 10.0. The van der Waals surface area contributed by atoms with Crippen LogP contribution in [-0.4, -0.2) is 35.7 Å². The quantitative estimate of drug-likeness (QED) is 0.941. The van der Waals surface area contributed by atoms with Crippen LogP contribution in [0.1, 0.15) is 27.7 Å². The van der Waals surface area contributed by atoms with Gasteiger partial charge in [-0.3, -0.25) is 4.90 Å². The molecule has 0 radical (unpaired) electrons. The number of rotatable bonds is 4. The molecule has 5 nitrogen and oxygen atoms in total. The van der Waals surface area contributed by atoms with Gasteiger partial charge in [0.25, 0.3) is 0 Å². The van der Waals surface area contributed by atoms with Crippen molar-refractivity contribution in [2.45, 2.75) is 12.6 Å². The maximum atomic E-state index is 13.4. The van der Waals surface area contributed by atoms with Crippen LogP contribution in [0.15, 0.2) is 41.0 Å². The van der Waals surface area contributed by atoms with Gasteiger partial charge in [-0.2, -0.15) is 0 Å². The molecule has 0 bridgehead atoms. The van der Waals surface area contributed by atoms with E-state index in [9.17, 15) is 9.18 Å². The minimum absolute atomic E-state index is 0.0807. The lowest BCUT2D eigenvalue weighted by Gasteiger charge is -2.35. The van der Waals surface area contributed by atoms with Crippen molar-refractivity contribution in [1.82, 2.24) is 4.90 Å². The maximum absolute atomic E-state index is 13.4. The molecule has 1 aromatic heterocycles. The Hall–Kier alpha value is -2.18. The Morgan fingerprint density at radius 2 is 2.27 bits per heavy atom. The molecule has 0 saturated carbocycles. The molecule has 1 aromatic carbocycles. The lowest BCUT2D eigenvalue weighted by Crippen LogP contribution is -2.38. The van der Waals surface area contributed by atoms with Gasteiger partial charge in [-0.15, -0.1) is 0 Å². The van der Waals surface area contributed by atoms with Crippen molar-refractivity contribution in [1.29, 1.82) is 0 Å². The van der Waals surface area contributed by atoms with Crippen LogP contribution in [0.3, 0.4) is 0 Å². The number of aromatic carboxylic acids is 1. The molecule has 1 aliphatic rings. The van der Waals surface area contributed by atoms with E-state index in [1.807, 2.05) is 6.07 Å². The van der Waals surface area contributed by atoms with Gasteiger partial charge < -0.3 is 14.3 Å². The predicted molar refractivity (Wildman–Crippen MR) is 76.0 cm³/mol. The molecule has 0 spiro atoms. The number of halogens is 1. The van der Waals surface area contributed by atoms with Crippen molar-refractivity contribution >= 4 is 5.97 Å². The van der Waals surface area contributed by atoms with Gasteiger partial charge in [0.15, 0.2) is 0 Å². The summed E-state index contributed by atoms with van der Waals surface area (Å²) in [4.78, 5) is 13.0. The summed E-state index contributed by atoms with van der Waals surface area (Å²) in [6, 6.07) is 7.87. The molecule has 116 valence electrons. The zero-order chi connectivity index (χ0) is 15.5. The van der Waals surface area contributed by atoms with Gasteiger partial charge in [0.1, 0.15) is 17.8 Å².